The van der Waals surface area contributed by atoms with E-state index in [2.05, 4.69) is 115 Å². The first-order valence-electron chi connectivity index (χ1n) is 18.5. The van der Waals surface area contributed by atoms with Crippen LogP contribution in [0.2, 0.25) is 0 Å². The summed E-state index contributed by atoms with van der Waals surface area (Å²) in [5.74, 6) is 1.04. The Labute approximate surface area is 281 Å². The average Bonchev–Trinajstić information content (AvgIpc) is 3.57. The van der Waals surface area contributed by atoms with Crippen molar-refractivity contribution in [3.05, 3.63) is 169 Å². The fraction of sp³-hybridized carbons (Fsp3) is 0.0444. The monoisotopic (exact) mass is 605 g/mol. The van der Waals surface area contributed by atoms with E-state index in [4.69, 9.17) is 11.8 Å². The van der Waals surface area contributed by atoms with Crippen LogP contribution in [0.5, 0.6) is 0 Å². The maximum absolute atomic E-state index is 8.61. The van der Waals surface area contributed by atoms with Crippen LogP contribution < -0.4 is 0 Å². The van der Waals surface area contributed by atoms with Crippen LogP contribution >= 0.6 is 0 Å². The highest BCUT2D eigenvalue weighted by Gasteiger charge is 2.18. The molecule has 47 heavy (non-hydrogen) atoms. The van der Waals surface area contributed by atoms with Crippen LogP contribution in [0.15, 0.2) is 164 Å². The number of para-hydroxylation sites is 2. The molecule has 0 atom stereocenters. The van der Waals surface area contributed by atoms with Crippen molar-refractivity contribution in [2.24, 2.45) is 0 Å². The van der Waals surface area contributed by atoms with E-state index in [0.717, 1.165) is 83.5 Å². The van der Waals surface area contributed by atoms with Gasteiger partial charge in [0.05, 0.1) is 17.9 Å². The van der Waals surface area contributed by atoms with Gasteiger partial charge >= 0.3 is 0 Å². The van der Waals surface area contributed by atoms with Gasteiger partial charge in [-0.15, -0.1) is 0 Å². The molecule has 2 nitrogen and oxygen atoms in total. The van der Waals surface area contributed by atoms with E-state index in [0.29, 0.717) is 5.56 Å². The van der Waals surface area contributed by atoms with Crippen molar-refractivity contribution in [1.29, 1.82) is 0 Å². The van der Waals surface area contributed by atoms with Gasteiger partial charge < -0.3 is 0 Å². The van der Waals surface area contributed by atoms with E-state index in [1.807, 2.05) is 30.3 Å². The minimum absolute atomic E-state index is 0.199. The van der Waals surface area contributed by atoms with E-state index in [-0.39, 0.29) is 29.7 Å². The fourth-order valence-electron chi connectivity index (χ4n) is 7.10. The van der Waals surface area contributed by atoms with Gasteiger partial charge in [0.15, 0.2) is 0 Å². The van der Waals surface area contributed by atoms with E-state index < -0.39 is 6.04 Å². The smallest absolute Gasteiger partial charge is 0.114 e. The third-order valence-electron chi connectivity index (χ3n) is 9.19. The summed E-state index contributed by atoms with van der Waals surface area (Å²) in [6.45, 7) is 2.14. The molecule has 9 rings (SSSR count). The molecule has 0 radical (unpaired) electrons. The molecule has 0 N–H and O–H groups in total. The quantitative estimate of drug-likeness (QED) is 0.178. The molecule has 0 fully saturated rings. The van der Waals surface area contributed by atoms with Gasteiger partial charge in [-0.25, -0.2) is 4.98 Å². The van der Waals surface area contributed by atoms with Crippen LogP contribution in [-0.2, 0) is 6.42 Å². The molecule has 8 aromatic carbocycles. The normalized spacial score (nSPS) is 13.1. The van der Waals surface area contributed by atoms with Crippen molar-refractivity contribution in [2.75, 3.05) is 0 Å². The second kappa shape index (κ2) is 11.1. The van der Waals surface area contributed by atoms with E-state index in [9.17, 15) is 0 Å². The van der Waals surface area contributed by atoms with Gasteiger partial charge in [0.1, 0.15) is 5.82 Å². The highest BCUT2D eigenvalue weighted by Crippen LogP contribution is 2.44. The lowest BCUT2D eigenvalue weighted by Crippen LogP contribution is -2.00. The van der Waals surface area contributed by atoms with Gasteiger partial charge in [0, 0.05) is 12.1 Å². The number of nitrogens with zero attached hydrogens (tertiary/aromatic N) is 2. The zero-order valence-corrected chi connectivity index (χ0v) is 25.8. The average molecular weight is 606 g/mol. The van der Waals surface area contributed by atoms with Crippen LogP contribution in [0.25, 0.3) is 82.4 Å². The zero-order valence-electron chi connectivity index (χ0n) is 30.8. The Morgan fingerprint density at radius 3 is 1.83 bits per heavy atom. The third kappa shape index (κ3) is 4.53. The summed E-state index contributed by atoms with van der Waals surface area (Å²) in [7, 11) is 0. The molecule has 1 aromatic heterocycles. The number of rotatable bonds is 5. The molecule has 0 amide bonds. The molecule has 1 heterocycles. The lowest BCUT2D eigenvalue weighted by atomic mass is 9.85. The van der Waals surface area contributed by atoms with Gasteiger partial charge in [-0.2, -0.15) is 0 Å². The van der Waals surface area contributed by atoms with Gasteiger partial charge in [-0.05, 0) is 102 Å². The van der Waals surface area contributed by atoms with Crippen LogP contribution in [0.1, 0.15) is 19.6 Å². The highest BCUT2D eigenvalue weighted by molar-refractivity contribution is 6.21. The number of fused-ring (bicyclic) bond motifs is 4. The van der Waals surface area contributed by atoms with E-state index in [1.165, 1.54) is 0 Å². The second-order valence-corrected chi connectivity index (χ2v) is 11.9. The molecule has 0 spiro atoms. The molecule has 0 unspecified atom stereocenters. The molecule has 0 aliphatic heterocycles. The summed E-state index contributed by atoms with van der Waals surface area (Å²) in [4.78, 5) is 4.89. The van der Waals surface area contributed by atoms with Crippen LogP contribution in [0, 0.1) is 0 Å². The summed E-state index contributed by atoms with van der Waals surface area (Å²) in [6, 6.07) is 44.7. The molecule has 0 aliphatic rings. The Bertz CT molecular complexity index is 2820. The third-order valence-corrected chi connectivity index (χ3v) is 9.19. The summed E-state index contributed by atoms with van der Waals surface area (Å²) < 4.78 is 44.1. The lowest BCUT2D eigenvalue weighted by Gasteiger charge is -2.18. The lowest BCUT2D eigenvalue weighted by molar-refractivity contribution is 0.909. The number of aromatic nitrogens is 2. The number of benzene rings is 8. The van der Waals surface area contributed by atoms with E-state index >= 15 is 0 Å². The Hall–Kier alpha value is -5.99. The Morgan fingerprint density at radius 2 is 1.13 bits per heavy atom. The van der Waals surface area contributed by atoms with Crippen LogP contribution in [0.3, 0.4) is 0 Å². The van der Waals surface area contributed by atoms with Crippen molar-refractivity contribution in [3.63, 3.8) is 0 Å². The molecule has 0 saturated heterocycles. The highest BCUT2D eigenvalue weighted by atomic mass is 15.1. The first-order chi connectivity index (χ1) is 25.3. The molecule has 0 bridgehead atoms. The number of imidazole rings is 1. The van der Waals surface area contributed by atoms with Gasteiger partial charge in [-0.3, -0.25) is 4.57 Å². The van der Waals surface area contributed by atoms with Gasteiger partial charge in [-0.1, -0.05) is 134 Å². The molecular weight excluding hydrogens is 569 g/mol. The largest absolute Gasteiger partial charge is 0.296 e. The molecular formula is C45H32N2. The fourth-order valence-corrected chi connectivity index (χ4v) is 7.10. The summed E-state index contributed by atoms with van der Waals surface area (Å²) in [6.07, 6.45) is 0.833. The minimum Gasteiger partial charge on any atom is -0.296 e. The number of hydrogen-bond donors (Lipinski definition) is 0. The second-order valence-electron chi connectivity index (χ2n) is 11.9. The van der Waals surface area contributed by atoms with Gasteiger partial charge in [0.25, 0.3) is 0 Å². The molecule has 0 saturated carbocycles. The van der Waals surface area contributed by atoms with E-state index in [1.54, 1.807) is 0 Å². The molecule has 2 heteroatoms. The summed E-state index contributed by atoms with van der Waals surface area (Å²) >= 11 is 0. The minimum atomic E-state index is -0.394. The van der Waals surface area contributed by atoms with Gasteiger partial charge in [0.2, 0.25) is 0 Å². The van der Waals surface area contributed by atoms with Crippen molar-refractivity contribution in [3.8, 4) is 39.1 Å². The molecule has 0 aliphatic carbocycles. The SMILES string of the molecule is [2H]c1c([2H])c([2H])c(-c2cccc(-c3c4ccccc4c(-c4ccc5cc(-n6c(CC)nc7ccccc76)ccc5c4)c4ccccc34)c2)c([2H])c1[2H]. The standard InChI is InChI=1S/C45H32N2/c1-2-43-46-41-21-10-11-22-42(41)47(43)36-26-25-32-28-35(24-23-33(32)29-36)45-39-19-8-6-17-37(39)44(38-18-7-9-20-40(38)45)34-16-12-15-31(27-34)30-13-4-3-5-14-30/h3-29H,2H2,1H3/i3D,4D,5D,13D,14D. The summed E-state index contributed by atoms with van der Waals surface area (Å²) in [5, 5.41) is 6.66. The van der Waals surface area contributed by atoms with Crippen LogP contribution in [-0.4, -0.2) is 9.55 Å². The Morgan fingerprint density at radius 1 is 0.532 bits per heavy atom. The predicted octanol–water partition coefficient (Wildman–Crippen LogP) is 12.0. The molecule has 222 valence electrons. The Balaban J connectivity index is 1.23. The van der Waals surface area contributed by atoms with Crippen molar-refractivity contribution in [2.45, 2.75) is 13.3 Å². The molecule has 9 aromatic rings. The first kappa shape index (κ1) is 22.5. The van der Waals surface area contributed by atoms with Crippen LogP contribution in [0.4, 0.5) is 0 Å². The number of aryl methyl sites for hydroxylation is 1. The maximum Gasteiger partial charge on any atom is 0.114 e. The predicted molar refractivity (Wildman–Crippen MR) is 199 cm³/mol. The van der Waals surface area contributed by atoms with Crippen molar-refractivity contribution >= 4 is 43.4 Å². The van der Waals surface area contributed by atoms with Crippen molar-refractivity contribution < 1.29 is 6.85 Å². The zero-order chi connectivity index (χ0) is 35.7. The maximum atomic E-state index is 8.61. The number of hydrogen-bond acceptors (Lipinski definition) is 1. The first-order valence-corrected chi connectivity index (χ1v) is 16.0. The Kier molecular flexibility index (Phi) is 5.32. The van der Waals surface area contributed by atoms with Crippen molar-refractivity contribution in [1.82, 2.24) is 9.55 Å². The summed E-state index contributed by atoms with van der Waals surface area (Å²) in [5.41, 5.74) is 8.19. The topological polar surface area (TPSA) is 17.8 Å².